The molecule has 0 amide bonds. The van der Waals surface area contributed by atoms with E-state index in [0.717, 1.165) is 24.8 Å². The maximum Gasteiger partial charge on any atom is 0.336 e. The van der Waals surface area contributed by atoms with Gasteiger partial charge in [-0.2, -0.15) is 0 Å². The maximum absolute atomic E-state index is 12.2. The van der Waals surface area contributed by atoms with Crippen molar-refractivity contribution in [3.8, 4) is 0 Å². The molecule has 0 bridgehead atoms. The molecule has 3 saturated carbocycles. The Hall–Kier alpha value is -0.950. The second-order valence-corrected chi connectivity index (χ2v) is 9.88. The highest BCUT2D eigenvalue weighted by Gasteiger charge is 2.88. The minimum absolute atomic E-state index is 0.0195. The Labute approximate surface area is 152 Å². The zero-order valence-corrected chi connectivity index (χ0v) is 15.4. The van der Waals surface area contributed by atoms with Gasteiger partial charge in [0.15, 0.2) is 0 Å². The van der Waals surface area contributed by atoms with Crippen molar-refractivity contribution in [2.75, 3.05) is 6.61 Å². The molecule has 2 N–H and O–H groups in total. The molecule has 9 unspecified atom stereocenters. The van der Waals surface area contributed by atoms with E-state index in [0.29, 0.717) is 12.0 Å². The second kappa shape index (κ2) is 4.22. The fourth-order valence-corrected chi connectivity index (χ4v) is 7.55. The number of carbonyl (C=O) groups is 1. The highest BCUT2D eigenvalue weighted by molar-refractivity contribution is 5.93. The van der Waals surface area contributed by atoms with Crippen LogP contribution in [0.15, 0.2) is 11.1 Å². The molecule has 2 saturated heterocycles. The lowest BCUT2D eigenvalue weighted by Gasteiger charge is -2.61. The Morgan fingerprint density at radius 1 is 1.19 bits per heavy atom. The number of carbonyl (C=O) groups excluding carboxylic acids is 1. The Morgan fingerprint density at radius 3 is 2.69 bits per heavy atom. The fourth-order valence-electron chi connectivity index (χ4n) is 7.55. The third-order valence-electron chi connectivity index (χ3n) is 8.95. The van der Waals surface area contributed by atoms with Crippen molar-refractivity contribution in [3.05, 3.63) is 11.1 Å². The summed E-state index contributed by atoms with van der Waals surface area (Å²) in [6, 6.07) is 0. The summed E-state index contributed by atoms with van der Waals surface area (Å²) in [7, 11) is 0. The van der Waals surface area contributed by atoms with Gasteiger partial charge in [-0.1, -0.05) is 13.8 Å². The van der Waals surface area contributed by atoms with E-state index in [1.54, 1.807) is 0 Å². The molecule has 0 aromatic carbocycles. The number of ether oxygens (including phenoxy) is 3. The highest BCUT2D eigenvalue weighted by atomic mass is 16.8. The van der Waals surface area contributed by atoms with E-state index in [4.69, 9.17) is 14.2 Å². The van der Waals surface area contributed by atoms with Crippen LogP contribution in [0.4, 0.5) is 0 Å². The van der Waals surface area contributed by atoms with Crippen molar-refractivity contribution < 1.29 is 29.2 Å². The quantitative estimate of drug-likeness (QED) is 0.540. The van der Waals surface area contributed by atoms with E-state index in [1.807, 2.05) is 13.8 Å². The van der Waals surface area contributed by atoms with Crippen LogP contribution in [-0.4, -0.2) is 52.5 Å². The smallest absolute Gasteiger partial charge is 0.336 e. The van der Waals surface area contributed by atoms with Crippen molar-refractivity contribution in [1.29, 1.82) is 0 Å². The Kier molecular flexibility index (Phi) is 2.60. The number of epoxide rings is 2. The molecule has 0 aromatic rings. The van der Waals surface area contributed by atoms with E-state index in [1.165, 1.54) is 0 Å². The lowest BCUT2D eigenvalue weighted by atomic mass is 9.43. The van der Waals surface area contributed by atoms with Gasteiger partial charge in [0.2, 0.25) is 0 Å². The van der Waals surface area contributed by atoms with E-state index in [9.17, 15) is 15.0 Å². The molecule has 3 heterocycles. The van der Waals surface area contributed by atoms with Crippen LogP contribution in [0.2, 0.25) is 0 Å². The number of esters is 1. The Morgan fingerprint density at radius 2 is 1.96 bits per heavy atom. The van der Waals surface area contributed by atoms with Gasteiger partial charge in [-0.15, -0.1) is 0 Å². The van der Waals surface area contributed by atoms with E-state index in [2.05, 4.69) is 6.92 Å². The van der Waals surface area contributed by atoms with Crippen LogP contribution in [0.1, 0.15) is 46.5 Å². The molecule has 5 fully saturated rings. The third kappa shape index (κ3) is 1.41. The number of aliphatic hydroxyl groups excluding tert-OH is 2. The van der Waals surface area contributed by atoms with Crippen LogP contribution in [0.3, 0.4) is 0 Å². The van der Waals surface area contributed by atoms with Crippen LogP contribution in [0.25, 0.3) is 0 Å². The van der Waals surface area contributed by atoms with Gasteiger partial charge < -0.3 is 24.4 Å². The first-order valence-electron chi connectivity index (χ1n) is 9.84. The van der Waals surface area contributed by atoms with E-state index < -0.39 is 17.3 Å². The number of aliphatic hydroxyl groups is 2. The summed E-state index contributed by atoms with van der Waals surface area (Å²) < 4.78 is 18.2. The van der Waals surface area contributed by atoms with E-state index >= 15 is 0 Å². The summed E-state index contributed by atoms with van der Waals surface area (Å²) in [6.45, 7) is 6.08. The Balaban J connectivity index is 1.47. The molecule has 9 atom stereocenters. The first-order chi connectivity index (χ1) is 12.2. The maximum atomic E-state index is 12.2. The molecule has 0 radical (unpaired) electrons. The lowest BCUT2D eigenvalue weighted by Crippen LogP contribution is -2.63. The van der Waals surface area contributed by atoms with Gasteiger partial charge in [0.05, 0.1) is 12.7 Å². The lowest BCUT2D eigenvalue weighted by molar-refractivity contribution is -0.180. The zero-order valence-electron chi connectivity index (χ0n) is 15.4. The highest BCUT2D eigenvalue weighted by Crippen LogP contribution is 2.77. The van der Waals surface area contributed by atoms with Gasteiger partial charge in [0.1, 0.15) is 17.8 Å². The topological polar surface area (TPSA) is 91.8 Å². The summed E-state index contributed by atoms with van der Waals surface area (Å²) in [5, 5.41) is 20.8. The minimum atomic E-state index is -0.896. The van der Waals surface area contributed by atoms with Crippen molar-refractivity contribution in [1.82, 2.24) is 0 Å². The van der Waals surface area contributed by atoms with Crippen molar-refractivity contribution in [2.24, 2.45) is 22.7 Å². The summed E-state index contributed by atoms with van der Waals surface area (Å²) in [5.74, 6) is -0.867. The van der Waals surface area contributed by atoms with Gasteiger partial charge in [0, 0.05) is 22.5 Å². The van der Waals surface area contributed by atoms with Gasteiger partial charge in [0.25, 0.3) is 5.79 Å². The molecule has 6 heteroatoms. The summed E-state index contributed by atoms with van der Waals surface area (Å²) in [5.41, 5.74) is 0.677. The molecule has 3 aliphatic heterocycles. The predicted molar refractivity (Wildman–Crippen MR) is 88.8 cm³/mol. The summed E-state index contributed by atoms with van der Waals surface area (Å²) in [4.78, 5) is 12.2. The largest absolute Gasteiger partial charge is 0.422 e. The SMILES string of the molecule is CC1=C2C3OC34CCC3C(C)(CO)C(O)CCC3(C)C4C3OC23OC1=O. The van der Waals surface area contributed by atoms with Crippen LogP contribution < -0.4 is 0 Å². The normalized spacial score (nSPS) is 61.7. The average Bonchev–Trinajstić information content (AvgIpc) is 3.47. The molecule has 6 nitrogen and oxygen atoms in total. The van der Waals surface area contributed by atoms with Crippen LogP contribution in [0, 0.1) is 22.7 Å². The number of rotatable bonds is 1. The van der Waals surface area contributed by atoms with Gasteiger partial charge in [-0.05, 0) is 43.9 Å². The second-order valence-electron chi connectivity index (χ2n) is 9.88. The zero-order chi connectivity index (χ0) is 18.3. The van der Waals surface area contributed by atoms with Crippen LogP contribution in [0.5, 0.6) is 0 Å². The van der Waals surface area contributed by atoms with Crippen LogP contribution in [-0.2, 0) is 19.0 Å². The third-order valence-corrected chi connectivity index (χ3v) is 8.95. The molecule has 0 aromatic heterocycles. The standard InChI is InChI=1S/C20H26O6/c1-9-12-14-19(24-14)7-4-10-17(2,6-5-11(22)18(10,3)8-21)13(19)15-20(12,25-15)26-16(9)23/h10-11,13-15,21-22H,4-8H2,1-3H3. The van der Waals surface area contributed by atoms with Gasteiger partial charge in [-0.3, -0.25) is 0 Å². The first kappa shape index (κ1) is 16.0. The molecule has 6 rings (SSSR count). The molecule has 3 aliphatic carbocycles. The van der Waals surface area contributed by atoms with E-state index in [-0.39, 0.29) is 47.6 Å². The molecule has 26 heavy (non-hydrogen) atoms. The monoisotopic (exact) mass is 362 g/mol. The summed E-state index contributed by atoms with van der Waals surface area (Å²) >= 11 is 0. The number of hydrogen-bond donors (Lipinski definition) is 2. The number of hydrogen-bond acceptors (Lipinski definition) is 6. The fraction of sp³-hybridized carbons (Fsp3) is 0.850. The van der Waals surface area contributed by atoms with Crippen molar-refractivity contribution >= 4 is 5.97 Å². The first-order valence-corrected chi connectivity index (χ1v) is 9.84. The molecule has 2 spiro atoms. The Bertz CT molecular complexity index is 776. The molecule has 6 aliphatic rings. The summed E-state index contributed by atoms with van der Waals surface area (Å²) in [6.07, 6.45) is 2.60. The van der Waals surface area contributed by atoms with Crippen molar-refractivity contribution in [2.45, 2.75) is 76.2 Å². The number of fused-ring (bicyclic) bond motifs is 4. The molecular weight excluding hydrogens is 336 g/mol. The molecular formula is C20H26O6. The van der Waals surface area contributed by atoms with Crippen molar-refractivity contribution in [3.63, 3.8) is 0 Å². The van der Waals surface area contributed by atoms with Gasteiger partial charge in [-0.25, -0.2) is 4.79 Å². The molecule has 142 valence electrons. The van der Waals surface area contributed by atoms with Gasteiger partial charge >= 0.3 is 5.97 Å². The minimum Gasteiger partial charge on any atom is -0.422 e. The van der Waals surface area contributed by atoms with Crippen LogP contribution >= 0.6 is 0 Å². The average molecular weight is 362 g/mol. The predicted octanol–water partition coefficient (Wildman–Crippen LogP) is 1.29.